The SMILES string of the molecule is CCN(CC)CCn1c(NC(=O)Cc2cccc(OC(F)F)c2)nc2ccccc21. The third-order valence-corrected chi connectivity index (χ3v) is 4.93. The van der Waals surface area contributed by atoms with Gasteiger partial charge in [-0.05, 0) is 42.9 Å². The Morgan fingerprint density at radius 3 is 2.67 bits per heavy atom. The van der Waals surface area contributed by atoms with Crippen LogP contribution in [0, 0.1) is 0 Å². The van der Waals surface area contributed by atoms with E-state index in [1.807, 2.05) is 28.8 Å². The predicted molar refractivity (Wildman–Crippen MR) is 113 cm³/mol. The standard InChI is InChI=1S/C22H26F2N4O2/c1-3-27(4-2)12-13-28-19-11-6-5-10-18(19)25-22(28)26-20(29)15-16-8-7-9-17(14-16)30-21(23)24/h5-11,14,21H,3-4,12-13,15H2,1-2H3,(H,25,26,29). The maximum Gasteiger partial charge on any atom is 0.387 e. The molecule has 1 amide bonds. The molecule has 6 nitrogen and oxygen atoms in total. The molecule has 1 N–H and O–H groups in total. The highest BCUT2D eigenvalue weighted by Gasteiger charge is 2.15. The number of likely N-dealkylation sites (N-methyl/N-ethyl adjacent to an activating group) is 1. The molecule has 0 aliphatic rings. The summed E-state index contributed by atoms with van der Waals surface area (Å²) in [6, 6.07) is 13.9. The number of carbonyl (C=O) groups excluding carboxylic acids is 1. The van der Waals surface area contributed by atoms with Gasteiger partial charge in [0.1, 0.15) is 5.75 Å². The van der Waals surface area contributed by atoms with Crippen LogP contribution in [-0.2, 0) is 17.8 Å². The van der Waals surface area contributed by atoms with Crippen LogP contribution < -0.4 is 10.1 Å². The number of nitrogens with zero attached hydrogens (tertiary/aromatic N) is 3. The van der Waals surface area contributed by atoms with Gasteiger partial charge in [-0.2, -0.15) is 8.78 Å². The van der Waals surface area contributed by atoms with Crippen LogP contribution in [0.3, 0.4) is 0 Å². The Balaban J connectivity index is 1.76. The molecule has 30 heavy (non-hydrogen) atoms. The molecule has 8 heteroatoms. The molecular weight excluding hydrogens is 390 g/mol. The fourth-order valence-corrected chi connectivity index (χ4v) is 3.36. The Kier molecular flexibility index (Phi) is 7.35. The minimum atomic E-state index is -2.90. The number of hydrogen-bond donors (Lipinski definition) is 1. The van der Waals surface area contributed by atoms with Crippen molar-refractivity contribution in [2.24, 2.45) is 0 Å². The smallest absolute Gasteiger partial charge is 0.387 e. The van der Waals surface area contributed by atoms with Gasteiger partial charge in [0.05, 0.1) is 17.5 Å². The number of ether oxygens (including phenoxy) is 1. The second-order valence-corrected chi connectivity index (χ2v) is 6.85. The number of fused-ring (bicyclic) bond motifs is 1. The van der Waals surface area contributed by atoms with Crippen molar-refractivity contribution in [3.63, 3.8) is 0 Å². The van der Waals surface area contributed by atoms with Gasteiger partial charge in [0.15, 0.2) is 0 Å². The van der Waals surface area contributed by atoms with Crippen molar-refractivity contribution < 1.29 is 18.3 Å². The molecule has 1 aromatic heterocycles. The van der Waals surface area contributed by atoms with Crippen molar-refractivity contribution in [2.75, 3.05) is 25.0 Å². The summed E-state index contributed by atoms with van der Waals surface area (Å²) in [6.07, 6.45) is 0.0275. The van der Waals surface area contributed by atoms with E-state index in [2.05, 4.69) is 33.8 Å². The van der Waals surface area contributed by atoms with Crippen LogP contribution in [0.1, 0.15) is 19.4 Å². The van der Waals surface area contributed by atoms with Gasteiger partial charge >= 0.3 is 6.61 Å². The Bertz CT molecular complexity index is 986. The summed E-state index contributed by atoms with van der Waals surface area (Å²) < 4.78 is 31.2. The van der Waals surface area contributed by atoms with Crippen molar-refractivity contribution in [1.29, 1.82) is 0 Å². The molecular formula is C22H26F2N4O2. The third kappa shape index (κ3) is 5.54. The van der Waals surface area contributed by atoms with E-state index in [1.165, 1.54) is 12.1 Å². The van der Waals surface area contributed by atoms with E-state index in [0.29, 0.717) is 18.1 Å². The molecule has 0 atom stereocenters. The molecule has 2 aromatic carbocycles. The minimum Gasteiger partial charge on any atom is -0.435 e. The Morgan fingerprint density at radius 1 is 1.17 bits per heavy atom. The number of amides is 1. The van der Waals surface area contributed by atoms with E-state index < -0.39 is 6.61 Å². The van der Waals surface area contributed by atoms with Gasteiger partial charge in [-0.3, -0.25) is 10.1 Å². The molecule has 0 aliphatic heterocycles. The lowest BCUT2D eigenvalue weighted by atomic mass is 10.1. The summed E-state index contributed by atoms with van der Waals surface area (Å²) in [5, 5.41) is 2.87. The fraction of sp³-hybridized carbons (Fsp3) is 0.364. The molecule has 0 saturated carbocycles. The number of benzene rings is 2. The van der Waals surface area contributed by atoms with Crippen molar-refractivity contribution in [1.82, 2.24) is 14.5 Å². The second kappa shape index (κ2) is 10.2. The van der Waals surface area contributed by atoms with Gasteiger partial charge < -0.3 is 14.2 Å². The first-order valence-electron chi connectivity index (χ1n) is 10.0. The van der Waals surface area contributed by atoms with Crippen molar-refractivity contribution in [2.45, 2.75) is 33.4 Å². The van der Waals surface area contributed by atoms with Gasteiger partial charge in [-0.15, -0.1) is 0 Å². The van der Waals surface area contributed by atoms with E-state index in [0.717, 1.165) is 30.7 Å². The molecule has 0 fully saturated rings. The number of aromatic nitrogens is 2. The van der Waals surface area contributed by atoms with Gasteiger partial charge in [0.2, 0.25) is 11.9 Å². The van der Waals surface area contributed by atoms with E-state index in [1.54, 1.807) is 12.1 Å². The lowest BCUT2D eigenvalue weighted by Crippen LogP contribution is -2.28. The first-order chi connectivity index (χ1) is 14.5. The zero-order valence-electron chi connectivity index (χ0n) is 17.1. The number of anilines is 1. The van der Waals surface area contributed by atoms with Gasteiger partial charge in [0, 0.05) is 13.1 Å². The van der Waals surface area contributed by atoms with Crippen LogP contribution in [0.2, 0.25) is 0 Å². The molecule has 0 unspecified atom stereocenters. The maximum atomic E-state index is 12.6. The lowest BCUT2D eigenvalue weighted by Gasteiger charge is -2.19. The predicted octanol–water partition coefficient (Wildman–Crippen LogP) is 4.16. The number of carbonyl (C=O) groups is 1. The second-order valence-electron chi connectivity index (χ2n) is 6.85. The molecule has 0 aliphatic carbocycles. The van der Waals surface area contributed by atoms with Crippen molar-refractivity contribution in [3.8, 4) is 5.75 Å². The Hall–Kier alpha value is -3.00. The zero-order valence-corrected chi connectivity index (χ0v) is 17.1. The topological polar surface area (TPSA) is 59.4 Å². The highest BCUT2D eigenvalue weighted by Crippen LogP contribution is 2.21. The number of rotatable bonds is 10. The lowest BCUT2D eigenvalue weighted by molar-refractivity contribution is -0.115. The van der Waals surface area contributed by atoms with Crippen LogP contribution in [0.15, 0.2) is 48.5 Å². The summed E-state index contributed by atoms with van der Waals surface area (Å²) in [4.78, 5) is 19.5. The molecule has 0 saturated heterocycles. The largest absolute Gasteiger partial charge is 0.435 e. The van der Waals surface area contributed by atoms with Gasteiger partial charge in [-0.1, -0.05) is 38.1 Å². The zero-order chi connectivity index (χ0) is 21.5. The van der Waals surface area contributed by atoms with Crippen LogP contribution in [0.25, 0.3) is 11.0 Å². The third-order valence-electron chi connectivity index (χ3n) is 4.93. The normalized spacial score (nSPS) is 11.4. The van der Waals surface area contributed by atoms with E-state index in [9.17, 15) is 13.6 Å². The molecule has 1 heterocycles. The monoisotopic (exact) mass is 416 g/mol. The van der Waals surface area contributed by atoms with E-state index >= 15 is 0 Å². The van der Waals surface area contributed by atoms with E-state index in [-0.39, 0.29) is 18.1 Å². The van der Waals surface area contributed by atoms with Crippen LogP contribution in [0.4, 0.5) is 14.7 Å². The molecule has 0 spiro atoms. The summed E-state index contributed by atoms with van der Waals surface area (Å²) in [5.41, 5.74) is 2.34. The summed E-state index contributed by atoms with van der Waals surface area (Å²) in [6.45, 7) is 4.75. The highest BCUT2D eigenvalue weighted by molar-refractivity contribution is 5.92. The molecule has 3 rings (SSSR count). The summed E-state index contributed by atoms with van der Waals surface area (Å²) >= 11 is 0. The molecule has 0 radical (unpaired) electrons. The fourth-order valence-electron chi connectivity index (χ4n) is 3.36. The summed E-state index contributed by atoms with van der Waals surface area (Å²) in [5.74, 6) is 0.235. The molecule has 3 aromatic rings. The minimum absolute atomic E-state index is 0.0275. The van der Waals surface area contributed by atoms with Crippen LogP contribution in [-0.4, -0.2) is 46.6 Å². The first-order valence-corrected chi connectivity index (χ1v) is 10.0. The number of para-hydroxylation sites is 2. The highest BCUT2D eigenvalue weighted by atomic mass is 19.3. The molecule has 0 bridgehead atoms. The maximum absolute atomic E-state index is 12.6. The summed E-state index contributed by atoms with van der Waals surface area (Å²) in [7, 11) is 0. The van der Waals surface area contributed by atoms with Crippen molar-refractivity contribution >= 4 is 22.9 Å². The number of nitrogens with one attached hydrogen (secondary N) is 1. The quantitative estimate of drug-likeness (QED) is 0.539. The van der Waals surface area contributed by atoms with Gasteiger partial charge in [0.25, 0.3) is 0 Å². The number of halogens is 2. The average molecular weight is 416 g/mol. The van der Waals surface area contributed by atoms with E-state index in [4.69, 9.17) is 0 Å². The number of imidazole rings is 1. The number of alkyl halides is 2. The van der Waals surface area contributed by atoms with Crippen molar-refractivity contribution in [3.05, 3.63) is 54.1 Å². The number of hydrogen-bond acceptors (Lipinski definition) is 4. The Morgan fingerprint density at radius 2 is 1.93 bits per heavy atom. The average Bonchev–Trinajstić information content (AvgIpc) is 3.05. The first kappa shape index (κ1) is 21.7. The van der Waals surface area contributed by atoms with Gasteiger partial charge in [-0.25, -0.2) is 4.98 Å². The van der Waals surface area contributed by atoms with Crippen LogP contribution >= 0.6 is 0 Å². The molecule has 160 valence electrons. The van der Waals surface area contributed by atoms with Crippen LogP contribution in [0.5, 0.6) is 5.75 Å². The Labute approximate surface area is 174 Å².